The zero-order valence-corrected chi connectivity index (χ0v) is 18.1. The fraction of sp³-hybridized carbons (Fsp3) is 0.0370. The second kappa shape index (κ2) is 8.33. The van der Waals surface area contributed by atoms with E-state index in [1.165, 1.54) is 0 Å². The van der Waals surface area contributed by atoms with Gasteiger partial charge < -0.3 is 9.72 Å². The number of pyridine rings is 2. The minimum absolute atomic E-state index is 0.161. The molecule has 0 radical (unpaired) electrons. The maximum Gasteiger partial charge on any atom is 0.256 e. The van der Waals surface area contributed by atoms with Gasteiger partial charge in [0.05, 0.1) is 18.5 Å². The Morgan fingerprint density at radius 2 is 1.47 bits per heavy atom. The van der Waals surface area contributed by atoms with Gasteiger partial charge in [0.1, 0.15) is 5.75 Å². The van der Waals surface area contributed by atoms with Crippen molar-refractivity contribution in [3.63, 3.8) is 0 Å². The average Bonchev–Trinajstić information content (AvgIpc) is 2.84. The molecule has 0 unspecified atom stereocenters. The third-order valence-electron chi connectivity index (χ3n) is 5.40. The minimum Gasteiger partial charge on any atom is -0.497 e. The van der Waals surface area contributed by atoms with E-state index >= 15 is 0 Å². The van der Waals surface area contributed by atoms with Crippen LogP contribution in [0, 0.1) is 0 Å². The number of aromatic amines is 1. The first-order valence-corrected chi connectivity index (χ1v) is 10.5. The van der Waals surface area contributed by atoms with Gasteiger partial charge in [0, 0.05) is 32.6 Å². The maximum absolute atomic E-state index is 13.0. The van der Waals surface area contributed by atoms with Gasteiger partial charge in [-0.2, -0.15) is 0 Å². The molecule has 0 fully saturated rings. The molecule has 0 aliphatic heterocycles. The second-order valence-electron chi connectivity index (χ2n) is 7.46. The van der Waals surface area contributed by atoms with Crippen molar-refractivity contribution in [2.45, 2.75) is 0 Å². The van der Waals surface area contributed by atoms with Crippen molar-refractivity contribution in [2.24, 2.45) is 0 Å². The molecule has 4 nitrogen and oxygen atoms in total. The molecule has 3 aromatic carbocycles. The molecule has 0 atom stereocenters. The topological polar surface area (TPSA) is 55.0 Å². The average molecular weight is 439 g/mol. The van der Waals surface area contributed by atoms with Gasteiger partial charge in [-0.25, -0.2) is 4.98 Å². The van der Waals surface area contributed by atoms with E-state index in [-0.39, 0.29) is 5.56 Å². The van der Waals surface area contributed by atoms with Crippen LogP contribution in [0.25, 0.3) is 44.5 Å². The van der Waals surface area contributed by atoms with Crippen molar-refractivity contribution in [1.29, 1.82) is 0 Å². The van der Waals surface area contributed by atoms with Gasteiger partial charge in [-0.1, -0.05) is 41.9 Å². The molecule has 2 heterocycles. The molecule has 32 heavy (non-hydrogen) atoms. The summed E-state index contributed by atoms with van der Waals surface area (Å²) in [6.07, 6.45) is 0. The van der Waals surface area contributed by atoms with E-state index in [1.54, 1.807) is 13.2 Å². The summed E-state index contributed by atoms with van der Waals surface area (Å²) in [7, 11) is 1.64. The standard InChI is InChI=1S/C27H19ClN2O2/c1-32-22-10-7-18(8-11-22)26-16-19(15-25(29-26)17-5-3-2-4-6-17)23-14-20-13-21(28)9-12-24(20)30-27(23)31/h2-16H,1H3,(H,30,31). The number of halogens is 1. The third kappa shape index (κ3) is 3.88. The van der Waals surface area contributed by atoms with E-state index in [0.29, 0.717) is 10.6 Å². The molecule has 5 rings (SSSR count). The number of fused-ring (bicyclic) bond motifs is 1. The summed E-state index contributed by atoms with van der Waals surface area (Å²) in [5.74, 6) is 0.774. The summed E-state index contributed by atoms with van der Waals surface area (Å²) in [5, 5.41) is 1.49. The highest BCUT2D eigenvalue weighted by Crippen LogP contribution is 2.31. The quantitative estimate of drug-likeness (QED) is 0.344. The normalized spacial score (nSPS) is 10.9. The van der Waals surface area contributed by atoms with Crippen LogP contribution in [0.4, 0.5) is 0 Å². The van der Waals surface area contributed by atoms with Gasteiger partial charge in [-0.15, -0.1) is 0 Å². The van der Waals surface area contributed by atoms with Crippen LogP contribution in [0.2, 0.25) is 5.02 Å². The number of H-pyrrole nitrogens is 1. The number of nitrogens with one attached hydrogen (secondary N) is 1. The van der Waals surface area contributed by atoms with E-state index in [0.717, 1.165) is 44.7 Å². The summed E-state index contributed by atoms with van der Waals surface area (Å²) in [6, 6.07) is 28.8. The Labute approximate surface area is 190 Å². The Morgan fingerprint density at radius 3 is 2.16 bits per heavy atom. The van der Waals surface area contributed by atoms with Crippen molar-refractivity contribution >= 4 is 22.5 Å². The first-order chi connectivity index (χ1) is 15.6. The number of benzene rings is 3. The van der Waals surface area contributed by atoms with Crippen LogP contribution in [0.1, 0.15) is 0 Å². The van der Waals surface area contributed by atoms with Crippen molar-refractivity contribution in [2.75, 3.05) is 7.11 Å². The number of ether oxygens (including phenoxy) is 1. The lowest BCUT2D eigenvalue weighted by atomic mass is 10.00. The van der Waals surface area contributed by atoms with Gasteiger partial charge in [-0.05, 0) is 66.2 Å². The number of nitrogens with zero attached hydrogens (tertiary/aromatic N) is 1. The van der Waals surface area contributed by atoms with Gasteiger partial charge in [0.2, 0.25) is 0 Å². The zero-order chi connectivity index (χ0) is 22.1. The van der Waals surface area contributed by atoms with Crippen LogP contribution < -0.4 is 10.3 Å². The largest absolute Gasteiger partial charge is 0.497 e. The van der Waals surface area contributed by atoms with Crippen LogP contribution in [0.15, 0.2) is 95.8 Å². The maximum atomic E-state index is 13.0. The first-order valence-electron chi connectivity index (χ1n) is 10.2. The fourth-order valence-electron chi connectivity index (χ4n) is 3.74. The van der Waals surface area contributed by atoms with Crippen LogP contribution in [-0.2, 0) is 0 Å². The van der Waals surface area contributed by atoms with Crippen molar-refractivity contribution in [3.05, 3.63) is 106 Å². The monoisotopic (exact) mass is 438 g/mol. The Hall–Kier alpha value is -3.89. The van der Waals surface area contributed by atoms with Crippen molar-refractivity contribution < 1.29 is 4.74 Å². The smallest absolute Gasteiger partial charge is 0.256 e. The Morgan fingerprint density at radius 1 is 0.781 bits per heavy atom. The Bertz CT molecular complexity index is 1480. The molecule has 2 aromatic heterocycles. The molecule has 5 aromatic rings. The molecule has 5 heteroatoms. The van der Waals surface area contributed by atoms with Crippen LogP contribution in [0.3, 0.4) is 0 Å². The molecule has 156 valence electrons. The van der Waals surface area contributed by atoms with E-state index in [1.807, 2.05) is 84.9 Å². The number of rotatable bonds is 4. The van der Waals surface area contributed by atoms with E-state index in [4.69, 9.17) is 21.3 Å². The number of hydrogen-bond donors (Lipinski definition) is 1. The third-order valence-corrected chi connectivity index (χ3v) is 5.63. The lowest BCUT2D eigenvalue weighted by molar-refractivity contribution is 0.415. The predicted octanol–water partition coefficient (Wildman–Crippen LogP) is 6.59. The summed E-state index contributed by atoms with van der Waals surface area (Å²) in [5.41, 5.74) is 5.41. The number of methoxy groups -OCH3 is 1. The van der Waals surface area contributed by atoms with Gasteiger partial charge in [0.15, 0.2) is 0 Å². The zero-order valence-electron chi connectivity index (χ0n) is 17.3. The van der Waals surface area contributed by atoms with Crippen molar-refractivity contribution in [3.8, 4) is 39.4 Å². The Balaban J connectivity index is 1.73. The highest BCUT2D eigenvalue weighted by Gasteiger charge is 2.12. The molecule has 0 saturated carbocycles. The summed E-state index contributed by atoms with van der Waals surface area (Å²) < 4.78 is 5.28. The molecule has 0 aliphatic carbocycles. The molecule has 0 bridgehead atoms. The molecular formula is C27H19ClN2O2. The molecule has 0 saturated heterocycles. The Kier molecular flexibility index (Phi) is 5.21. The number of hydrogen-bond acceptors (Lipinski definition) is 3. The lowest BCUT2D eigenvalue weighted by Gasteiger charge is -2.11. The second-order valence-corrected chi connectivity index (χ2v) is 7.90. The molecule has 0 aliphatic rings. The van der Waals surface area contributed by atoms with Gasteiger partial charge >= 0.3 is 0 Å². The molecule has 1 N–H and O–H groups in total. The summed E-state index contributed by atoms with van der Waals surface area (Å²) in [6.45, 7) is 0. The van der Waals surface area contributed by atoms with E-state index in [2.05, 4.69) is 4.98 Å². The summed E-state index contributed by atoms with van der Waals surface area (Å²) in [4.78, 5) is 20.8. The predicted molar refractivity (Wildman–Crippen MR) is 130 cm³/mol. The van der Waals surface area contributed by atoms with Crippen LogP contribution in [-0.4, -0.2) is 17.1 Å². The SMILES string of the molecule is COc1ccc(-c2cc(-c3cc4cc(Cl)ccc4[nH]c3=O)cc(-c3ccccc3)n2)cc1. The fourth-order valence-corrected chi connectivity index (χ4v) is 3.93. The van der Waals surface area contributed by atoms with Gasteiger partial charge in [0.25, 0.3) is 5.56 Å². The molecule has 0 amide bonds. The van der Waals surface area contributed by atoms with Crippen molar-refractivity contribution in [1.82, 2.24) is 9.97 Å². The lowest BCUT2D eigenvalue weighted by Crippen LogP contribution is -2.09. The van der Waals surface area contributed by atoms with Gasteiger partial charge in [-0.3, -0.25) is 4.79 Å². The van der Waals surface area contributed by atoms with E-state index < -0.39 is 0 Å². The highest BCUT2D eigenvalue weighted by molar-refractivity contribution is 6.31. The number of aromatic nitrogens is 2. The first kappa shape index (κ1) is 20.0. The van der Waals surface area contributed by atoms with E-state index in [9.17, 15) is 4.79 Å². The summed E-state index contributed by atoms with van der Waals surface area (Å²) >= 11 is 6.18. The minimum atomic E-state index is -0.161. The molecule has 0 spiro atoms. The van der Waals surface area contributed by atoms with Crippen LogP contribution >= 0.6 is 11.6 Å². The molecular weight excluding hydrogens is 420 g/mol. The van der Waals surface area contributed by atoms with Crippen LogP contribution in [0.5, 0.6) is 5.75 Å². The highest BCUT2D eigenvalue weighted by atomic mass is 35.5.